The number of nitrogens with zero attached hydrogens (tertiary/aromatic N) is 4. The molecule has 8 nitrogen and oxygen atoms in total. The molecule has 0 atom stereocenters. The van der Waals surface area contributed by atoms with Gasteiger partial charge in [-0.2, -0.15) is 9.61 Å². The number of aromatic hydroxyl groups is 1. The van der Waals surface area contributed by atoms with Crippen molar-refractivity contribution in [3.8, 4) is 5.88 Å². The van der Waals surface area contributed by atoms with Crippen LogP contribution in [0.3, 0.4) is 0 Å². The summed E-state index contributed by atoms with van der Waals surface area (Å²) in [5.41, 5.74) is 0.633. The van der Waals surface area contributed by atoms with Gasteiger partial charge in [0.15, 0.2) is 5.65 Å². The van der Waals surface area contributed by atoms with E-state index < -0.39 is 11.2 Å². The van der Waals surface area contributed by atoms with Gasteiger partial charge in [0.25, 0.3) is 5.91 Å². The summed E-state index contributed by atoms with van der Waals surface area (Å²) in [6, 6.07) is 5.39. The van der Waals surface area contributed by atoms with Crippen LogP contribution in [0, 0.1) is 11.2 Å². The number of carbonyl (C=O) groups is 2. The standard InChI is InChI=1S/C22H21ClFN5O3/c23-16-11-13(24)1-2-17(16)28-10-8-22(21(28)32)6-3-14(4-7-22)27-20(31)15-12-26-29-18(30)5-9-25-19(15)29/h1-2,5,9,11-12,14,30H,3-4,6-8,10H2,(H,27,31)/t14-,22-. The molecule has 32 heavy (non-hydrogen) atoms. The molecule has 0 bridgehead atoms. The van der Waals surface area contributed by atoms with Gasteiger partial charge in [0, 0.05) is 24.8 Å². The van der Waals surface area contributed by atoms with E-state index in [0.29, 0.717) is 44.3 Å². The van der Waals surface area contributed by atoms with Gasteiger partial charge >= 0.3 is 0 Å². The average molecular weight is 458 g/mol. The van der Waals surface area contributed by atoms with Crippen molar-refractivity contribution in [1.29, 1.82) is 0 Å². The maximum absolute atomic E-state index is 13.4. The first-order chi connectivity index (χ1) is 15.4. The highest BCUT2D eigenvalue weighted by molar-refractivity contribution is 6.34. The summed E-state index contributed by atoms with van der Waals surface area (Å²) in [6.07, 6.45) is 6.14. The molecule has 1 aliphatic heterocycles. The molecule has 0 radical (unpaired) electrons. The molecule has 2 amide bonds. The molecule has 2 aliphatic rings. The highest BCUT2D eigenvalue weighted by atomic mass is 35.5. The molecule has 2 aromatic heterocycles. The van der Waals surface area contributed by atoms with E-state index in [4.69, 9.17) is 11.6 Å². The van der Waals surface area contributed by atoms with E-state index in [9.17, 15) is 19.1 Å². The highest BCUT2D eigenvalue weighted by Gasteiger charge is 2.49. The predicted octanol–water partition coefficient (Wildman–Crippen LogP) is 3.32. The minimum Gasteiger partial charge on any atom is -0.493 e. The lowest BCUT2D eigenvalue weighted by Gasteiger charge is -2.36. The number of anilines is 1. The van der Waals surface area contributed by atoms with E-state index in [1.54, 1.807) is 11.0 Å². The summed E-state index contributed by atoms with van der Waals surface area (Å²) in [5.74, 6) is -0.832. The second kappa shape index (κ2) is 7.74. The normalized spacial score (nSPS) is 23.2. The van der Waals surface area contributed by atoms with Gasteiger partial charge in [-0.15, -0.1) is 0 Å². The molecule has 10 heteroatoms. The molecule has 2 fully saturated rings. The summed E-state index contributed by atoms with van der Waals surface area (Å²) in [6.45, 7) is 0.540. The van der Waals surface area contributed by atoms with Gasteiger partial charge in [-0.3, -0.25) is 9.59 Å². The van der Waals surface area contributed by atoms with Crippen LogP contribution in [-0.2, 0) is 4.79 Å². The van der Waals surface area contributed by atoms with E-state index in [1.807, 2.05) is 0 Å². The number of benzene rings is 1. The van der Waals surface area contributed by atoms with Crippen LogP contribution in [0.1, 0.15) is 42.5 Å². The van der Waals surface area contributed by atoms with Crippen molar-refractivity contribution in [2.24, 2.45) is 5.41 Å². The van der Waals surface area contributed by atoms with E-state index >= 15 is 0 Å². The number of hydrogen-bond donors (Lipinski definition) is 2. The zero-order chi connectivity index (χ0) is 22.5. The fourth-order valence-corrected chi connectivity index (χ4v) is 5.10. The van der Waals surface area contributed by atoms with Gasteiger partial charge in [-0.1, -0.05) is 11.6 Å². The maximum Gasteiger partial charge on any atom is 0.256 e. The molecule has 166 valence electrons. The number of rotatable bonds is 3. The minimum absolute atomic E-state index is 0.0121. The van der Waals surface area contributed by atoms with Crippen LogP contribution in [-0.4, -0.2) is 44.1 Å². The van der Waals surface area contributed by atoms with Gasteiger partial charge in [-0.25, -0.2) is 9.37 Å². The van der Waals surface area contributed by atoms with Gasteiger partial charge in [-0.05, 0) is 50.3 Å². The molecule has 0 unspecified atom stereocenters. The number of fused-ring (bicyclic) bond motifs is 1. The van der Waals surface area contributed by atoms with Crippen molar-refractivity contribution >= 4 is 34.7 Å². The Morgan fingerprint density at radius 1 is 1.25 bits per heavy atom. The Morgan fingerprint density at radius 2 is 2.03 bits per heavy atom. The van der Waals surface area contributed by atoms with Crippen LogP contribution in [0.2, 0.25) is 5.02 Å². The Balaban J connectivity index is 1.25. The largest absolute Gasteiger partial charge is 0.493 e. The first-order valence-electron chi connectivity index (χ1n) is 10.5. The minimum atomic E-state index is -0.475. The van der Waals surface area contributed by atoms with Crippen molar-refractivity contribution in [3.63, 3.8) is 0 Å². The summed E-state index contributed by atoms with van der Waals surface area (Å²) in [7, 11) is 0. The topological polar surface area (TPSA) is 99.8 Å². The zero-order valence-electron chi connectivity index (χ0n) is 17.1. The third-order valence-electron chi connectivity index (χ3n) is 6.62. The van der Waals surface area contributed by atoms with E-state index in [0.717, 1.165) is 0 Å². The lowest BCUT2D eigenvalue weighted by atomic mass is 9.71. The lowest BCUT2D eigenvalue weighted by molar-refractivity contribution is -0.127. The Kier molecular flexibility index (Phi) is 5.00. The second-order valence-electron chi connectivity index (χ2n) is 8.43. The van der Waals surface area contributed by atoms with Crippen molar-refractivity contribution in [3.05, 3.63) is 53.1 Å². The summed E-state index contributed by atoms with van der Waals surface area (Å²) < 4.78 is 14.6. The monoisotopic (exact) mass is 457 g/mol. The Bertz CT molecular complexity index is 1220. The molecular formula is C22H21ClFN5O3. The number of hydrogen-bond acceptors (Lipinski definition) is 5. The fraction of sp³-hybridized carbons (Fsp3) is 0.364. The second-order valence-corrected chi connectivity index (χ2v) is 8.83. The maximum atomic E-state index is 13.4. The summed E-state index contributed by atoms with van der Waals surface area (Å²) in [5, 5.41) is 17.1. The SMILES string of the molecule is O=C(N[C@H]1CC[C@@]2(CCN(c3ccc(F)cc3Cl)C2=O)CC1)c1cnn2c(O)ccnc12. The van der Waals surface area contributed by atoms with E-state index in [-0.39, 0.29) is 40.0 Å². The lowest BCUT2D eigenvalue weighted by Crippen LogP contribution is -2.43. The smallest absolute Gasteiger partial charge is 0.256 e. The van der Waals surface area contributed by atoms with E-state index in [1.165, 1.54) is 35.1 Å². The Labute approximate surface area is 188 Å². The molecule has 1 aromatic carbocycles. The van der Waals surface area contributed by atoms with Crippen molar-refractivity contribution in [2.75, 3.05) is 11.4 Å². The first-order valence-corrected chi connectivity index (χ1v) is 10.9. The van der Waals surface area contributed by atoms with Crippen LogP contribution in [0.15, 0.2) is 36.7 Å². The molecule has 1 saturated carbocycles. The summed E-state index contributed by atoms with van der Waals surface area (Å²) in [4.78, 5) is 31.8. The molecule has 1 saturated heterocycles. The molecule has 5 rings (SSSR count). The van der Waals surface area contributed by atoms with Gasteiger partial charge in [0.2, 0.25) is 11.8 Å². The summed E-state index contributed by atoms with van der Waals surface area (Å²) >= 11 is 6.17. The molecule has 3 aromatic rings. The Hall–Kier alpha value is -3.20. The highest BCUT2D eigenvalue weighted by Crippen LogP contribution is 2.47. The predicted molar refractivity (Wildman–Crippen MR) is 115 cm³/mol. The third kappa shape index (κ3) is 3.37. The van der Waals surface area contributed by atoms with Gasteiger partial charge < -0.3 is 15.3 Å². The van der Waals surface area contributed by atoms with Crippen LogP contribution in [0.5, 0.6) is 5.88 Å². The average Bonchev–Trinajstić information content (AvgIpc) is 3.34. The van der Waals surface area contributed by atoms with E-state index in [2.05, 4.69) is 15.4 Å². The number of nitrogens with one attached hydrogen (secondary N) is 1. The quantitative estimate of drug-likeness (QED) is 0.628. The number of aromatic nitrogens is 3. The number of amides is 2. The van der Waals surface area contributed by atoms with Crippen LogP contribution in [0.25, 0.3) is 5.65 Å². The van der Waals surface area contributed by atoms with Crippen LogP contribution < -0.4 is 10.2 Å². The molecule has 1 aliphatic carbocycles. The van der Waals surface area contributed by atoms with Crippen LogP contribution in [0.4, 0.5) is 10.1 Å². The Morgan fingerprint density at radius 3 is 2.78 bits per heavy atom. The zero-order valence-corrected chi connectivity index (χ0v) is 17.8. The van der Waals surface area contributed by atoms with Crippen LogP contribution >= 0.6 is 11.6 Å². The molecule has 2 N–H and O–H groups in total. The molecule has 1 spiro atoms. The number of halogens is 2. The third-order valence-corrected chi connectivity index (χ3v) is 6.92. The molecular weight excluding hydrogens is 437 g/mol. The number of carbonyl (C=O) groups excluding carboxylic acids is 2. The van der Waals surface area contributed by atoms with Gasteiger partial charge in [0.05, 0.1) is 22.3 Å². The first kappa shape index (κ1) is 20.7. The van der Waals surface area contributed by atoms with Crippen molar-refractivity contribution in [1.82, 2.24) is 19.9 Å². The molecule has 3 heterocycles. The van der Waals surface area contributed by atoms with Gasteiger partial charge in [0.1, 0.15) is 11.4 Å². The fourth-order valence-electron chi connectivity index (χ4n) is 4.83. The van der Waals surface area contributed by atoms with Crippen molar-refractivity contribution < 1.29 is 19.1 Å². The van der Waals surface area contributed by atoms with Crippen molar-refractivity contribution in [2.45, 2.75) is 38.1 Å².